The Kier molecular flexibility index (Phi) is 5.30. The predicted molar refractivity (Wildman–Crippen MR) is 64.5 cm³/mol. The topological polar surface area (TPSA) is 21.3 Å². The third kappa shape index (κ3) is 3.92. The zero-order valence-corrected chi connectivity index (χ0v) is 9.56. The van der Waals surface area contributed by atoms with Crippen molar-refractivity contribution in [1.82, 2.24) is 0 Å². The first-order chi connectivity index (χ1) is 6.86. The van der Waals surface area contributed by atoms with Gasteiger partial charge in [-0.2, -0.15) is 11.8 Å². The van der Waals surface area contributed by atoms with Gasteiger partial charge in [0, 0.05) is 24.1 Å². The fourth-order valence-corrected chi connectivity index (χ4v) is 1.47. The molecule has 0 aliphatic carbocycles. The molecule has 0 radical (unpaired) electrons. The van der Waals surface area contributed by atoms with Crippen molar-refractivity contribution in [3.8, 4) is 5.75 Å². The molecular formula is C11H17NOS. The fourth-order valence-electron chi connectivity index (χ4n) is 1.16. The van der Waals surface area contributed by atoms with Gasteiger partial charge in [0.1, 0.15) is 5.75 Å². The molecule has 0 saturated heterocycles. The molecular weight excluding hydrogens is 194 g/mol. The summed E-state index contributed by atoms with van der Waals surface area (Å²) in [6, 6.07) is 8.07. The van der Waals surface area contributed by atoms with Crippen LogP contribution in [-0.4, -0.2) is 25.2 Å². The van der Waals surface area contributed by atoms with Crippen LogP contribution >= 0.6 is 11.8 Å². The van der Waals surface area contributed by atoms with Crippen molar-refractivity contribution in [2.75, 3.05) is 30.5 Å². The van der Waals surface area contributed by atoms with Gasteiger partial charge >= 0.3 is 0 Å². The molecule has 0 saturated carbocycles. The average molecular weight is 211 g/mol. The molecule has 0 spiro atoms. The number of thioether (sulfide) groups is 1. The van der Waals surface area contributed by atoms with Gasteiger partial charge in [0.25, 0.3) is 0 Å². The summed E-state index contributed by atoms with van der Waals surface area (Å²) in [6.45, 7) is 3.71. The van der Waals surface area contributed by atoms with Gasteiger partial charge < -0.3 is 10.1 Å². The first-order valence-corrected chi connectivity index (χ1v) is 6.22. The van der Waals surface area contributed by atoms with Crippen LogP contribution in [0.4, 0.5) is 5.69 Å². The zero-order valence-electron chi connectivity index (χ0n) is 8.75. The Balaban J connectivity index is 2.46. The lowest BCUT2D eigenvalue weighted by atomic mass is 10.3. The van der Waals surface area contributed by atoms with E-state index in [1.165, 1.54) is 0 Å². The van der Waals surface area contributed by atoms with E-state index in [4.69, 9.17) is 4.74 Å². The molecule has 0 amide bonds. The average Bonchev–Trinajstić information content (AvgIpc) is 2.19. The monoisotopic (exact) mass is 211 g/mol. The summed E-state index contributed by atoms with van der Waals surface area (Å²) in [5.74, 6) is 2.06. The molecule has 14 heavy (non-hydrogen) atoms. The van der Waals surface area contributed by atoms with Crippen molar-refractivity contribution < 1.29 is 4.74 Å². The maximum Gasteiger partial charge on any atom is 0.121 e. The van der Waals surface area contributed by atoms with Crippen molar-refractivity contribution in [2.24, 2.45) is 0 Å². The molecule has 0 aliphatic heterocycles. The Bertz CT molecular complexity index is 265. The number of anilines is 1. The second-order valence-electron chi connectivity index (χ2n) is 2.88. The molecule has 0 unspecified atom stereocenters. The van der Waals surface area contributed by atoms with Crippen molar-refractivity contribution in [1.29, 1.82) is 0 Å². The van der Waals surface area contributed by atoms with E-state index in [9.17, 15) is 0 Å². The highest BCUT2D eigenvalue weighted by Crippen LogP contribution is 2.16. The van der Waals surface area contributed by atoms with Crippen LogP contribution in [0.5, 0.6) is 5.75 Å². The number of benzene rings is 1. The van der Waals surface area contributed by atoms with E-state index in [2.05, 4.69) is 17.6 Å². The molecule has 78 valence electrons. The Morgan fingerprint density at radius 3 is 3.00 bits per heavy atom. The summed E-state index contributed by atoms with van der Waals surface area (Å²) in [4.78, 5) is 0. The minimum atomic E-state index is 0.717. The highest BCUT2D eigenvalue weighted by Gasteiger charge is 1.94. The van der Waals surface area contributed by atoms with Crippen LogP contribution < -0.4 is 10.1 Å². The Morgan fingerprint density at radius 1 is 1.43 bits per heavy atom. The zero-order chi connectivity index (χ0) is 10.2. The lowest BCUT2D eigenvalue weighted by molar-refractivity contribution is 0.340. The molecule has 0 aromatic heterocycles. The van der Waals surface area contributed by atoms with Crippen LogP contribution in [0.3, 0.4) is 0 Å². The Hall–Kier alpha value is -0.830. The highest BCUT2D eigenvalue weighted by molar-refractivity contribution is 7.98. The van der Waals surface area contributed by atoms with E-state index in [-0.39, 0.29) is 0 Å². The van der Waals surface area contributed by atoms with E-state index in [0.717, 1.165) is 23.7 Å². The molecule has 0 fully saturated rings. The van der Waals surface area contributed by atoms with Gasteiger partial charge in [-0.3, -0.25) is 0 Å². The molecule has 0 bridgehead atoms. The standard InChI is InChI=1S/C11H17NOS/c1-3-13-11-6-4-5-10(9-11)12-7-8-14-2/h4-6,9,12H,3,7-8H2,1-2H3. The van der Waals surface area contributed by atoms with Crippen LogP contribution in [0, 0.1) is 0 Å². The molecule has 0 aliphatic rings. The highest BCUT2D eigenvalue weighted by atomic mass is 32.2. The summed E-state index contributed by atoms with van der Waals surface area (Å²) in [7, 11) is 0. The molecule has 1 rings (SSSR count). The maximum absolute atomic E-state index is 5.41. The molecule has 3 heteroatoms. The molecule has 1 aromatic rings. The second kappa shape index (κ2) is 6.60. The Labute approximate surface area is 90.0 Å². The minimum Gasteiger partial charge on any atom is -0.494 e. The molecule has 1 aromatic carbocycles. The van der Waals surface area contributed by atoms with Gasteiger partial charge in [-0.1, -0.05) is 6.07 Å². The fraction of sp³-hybridized carbons (Fsp3) is 0.455. The second-order valence-corrected chi connectivity index (χ2v) is 3.87. The van der Waals surface area contributed by atoms with Gasteiger partial charge in [-0.25, -0.2) is 0 Å². The normalized spacial score (nSPS) is 9.86. The van der Waals surface area contributed by atoms with Gasteiger partial charge in [0.05, 0.1) is 6.61 Å². The smallest absolute Gasteiger partial charge is 0.121 e. The van der Waals surface area contributed by atoms with E-state index in [0.29, 0.717) is 6.61 Å². The molecule has 0 atom stereocenters. The van der Waals surface area contributed by atoms with E-state index in [1.807, 2.05) is 36.9 Å². The maximum atomic E-state index is 5.41. The van der Waals surface area contributed by atoms with Gasteiger partial charge in [0.15, 0.2) is 0 Å². The third-order valence-electron chi connectivity index (χ3n) is 1.78. The summed E-state index contributed by atoms with van der Waals surface area (Å²) in [6.07, 6.45) is 2.11. The number of ether oxygens (including phenoxy) is 1. The number of nitrogens with one attached hydrogen (secondary N) is 1. The molecule has 0 heterocycles. The summed E-state index contributed by atoms with van der Waals surface area (Å²) < 4.78 is 5.41. The minimum absolute atomic E-state index is 0.717. The van der Waals surface area contributed by atoms with E-state index in [1.54, 1.807) is 0 Å². The first kappa shape index (κ1) is 11.2. The van der Waals surface area contributed by atoms with Crippen molar-refractivity contribution in [3.63, 3.8) is 0 Å². The summed E-state index contributed by atoms with van der Waals surface area (Å²) >= 11 is 1.84. The molecule has 1 N–H and O–H groups in total. The first-order valence-electron chi connectivity index (χ1n) is 4.82. The lowest BCUT2D eigenvalue weighted by Crippen LogP contribution is -2.03. The predicted octanol–water partition coefficient (Wildman–Crippen LogP) is 2.86. The SMILES string of the molecule is CCOc1cccc(NCCSC)c1. The summed E-state index contributed by atoms with van der Waals surface area (Å²) in [5.41, 5.74) is 1.13. The van der Waals surface area contributed by atoms with Gasteiger partial charge in [-0.05, 0) is 25.3 Å². The van der Waals surface area contributed by atoms with Crippen LogP contribution in [-0.2, 0) is 0 Å². The summed E-state index contributed by atoms with van der Waals surface area (Å²) in [5, 5.41) is 3.34. The van der Waals surface area contributed by atoms with Gasteiger partial charge in [-0.15, -0.1) is 0 Å². The van der Waals surface area contributed by atoms with E-state index >= 15 is 0 Å². The number of rotatable bonds is 6. The number of hydrogen-bond donors (Lipinski definition) is 1. The molecule has 2 nitrogen and oxygen atoms in total. The third-order valence-corrected chi connectivity index (χ3v) is 2.39. The van der Waals surface area contributed by atoms with Crippen LogP contribution in [0.25, 0.3) is 0 Å². The van der Waals surface area contributed by atoms with Crippen molar-refractivity contribution in [2.45, 2.75) is 6.92 Å². The van der Waals surface area contributed by atoms with Crippen molar-refractivity contribution >= 4 is 17.4 Å². The van der Waals surface area contributed by atoms with Crippen LogP contribution in [0.1, 0.15) is 6.92 Å². The number of hydrogen-bond acceptors (Lipinski definition) is 3. The van der Waals surface area contributed by atoms with Crippen LogP contribution in [0.2, 0.25) is 0 Å². The lowest BCUT2D eigenvalue weighted by Gasteiger charge is -2.07. The van der Waals surface area contributed by atoms with Gasteiger partial charge in [0.2, 0.25) is 0 Å². The van der Waals surface area contributed by atoms with Crippen molar-refractivity contribution in [3.05, 3.63) is 24.3 Å². The van der Waals surface area contributed by atoms with Crippen LogP contribution in [0.15, 0.2) is 24.3 Å². The Morgan fingerprint density at radius 2 is 2.29 bits per heavy atom. The quantitative estimate of drug-likeness (QED) is 0.731. The largest absolute Gasteiger partial charge is 0.494 e. The van der Waals surface area contributed by atoms with E-state index < -0.39 is 0 Å².